The number of likely N-dealkylation sites (tertiary alicyclic amines) is 1. The van der Waals surface area contributed by atoms with Crippen molar-refractivity contribution in [1.29, 1.82) is 0 Å². The Morgan fingerprint density at radius 2 is 1.75 bits per heavy atom. The molecule has 2 aromatic rings. The molecule has 0 bridgehead atoms. The summed E-state index contributed by atoms with van der Waals surface area (Å²) in [4.78, 5) is 39.7. The van der Waals surface area contributed by atoms with Crippen LogP contribution in [0.4, 0.5) is 10.5 Å². The van der Waals surface area contributed by atoms with Crippen LogP contribution in [0.3, 0.4) is 0 Å². The number of nitrogens with one attached hydrogen (secondary N) is 2. The van der Waals surface area contributed by atoms with Crippen molar-refractivity contribution in [1.82, 2.24) is 10.2 Å². The standard InChI is InChI=1S/C23H28ClN3O4S/c1-15-14-16(8-9-17(15)20(28)27-12-6-4-5-7-13-27)25-21(29)23(2,3)26-22(30)31-19-11-10-18(24)32-19/h8-11,14H,4-7,12-13H2,1-3H3,(H,25,29)(H,26,30). The molecule has 1 aliphatic rings. The fraction of sp³-hybridized carbons (Fsp3) is 0.435. The summed E-state index contributed by atoms with van der Waals surface area (Å²) >= 11 is 6.95. The topological polar surface area (TPSA) is 87.7 Å². The maximum Gasteiger partial charge on any atom is 0.414 e. The second-order valence-corrected chi connectivity index (χ2v) is 10.1. The van der Waals surface area contributed by atoms with E-state index in [1.54, 1.807) is 44.2 Å². The highest BCUT2D eigenvalue weighted by Crippen LogP contribution is 2.28. The Morgan fingerprint density at radius 3 is 2.34 bits per heavy atom. The minimum atomic E-state index is -1.23. The number of rotatable bonds is 5. The molecule has 2 N–H and O–H groups in total. The fourth-order valence-electron chi connectivity index (χ4n) is 3.49. The van der Waals surface area contributed by atoms with E-state index in [0.717, 1.165) is 55.7 Å². The van der Waals surface area contributed by atoms with E-state index in [2.05, 4.69) is 10.6 Å². The highest BCUT2D eigenvalue weighted by atomic mass is 35.5. The van der Waals surface area contributed by atoms with Gasteiger partial charge in [-0.05, 0) is 69.5 Å². The third kappa shape index (κ3) is 6.23. The van der Waals surface area contributed by atoms with Crippen molar-refractivity contribution in [3.05, 3.63) is 45.8 Å². The predicted octanol–water partition coefficient (Wildman–Crippen LogP) is 5.23. The van der Waals surface area contributed by atoms with Crippen LogP contribution in [0.15, 0.2) is 30.3 Å². The van der Waals surface area contributed by atoms with E-state index >= 15 is 0 Å². The number of aryl methyl sites for hydroxylation is 1. The molecule has 0 atom stereocenters. The minimum absolute atomic E-state index is 0.0284. The molecule has 32 heavy (non-hydrogen) atoms. The molecule has 0 radical (unpaired) electrons. The normalized spacial score (nSPS) is 14.4. The van der Waals surface area contributed by atoms with Crippen molar-refractivity contribution in [2.75, 3.05) is 18.4 Å². The number of halogens is 1. The van der Waals surface area contributed by atoms with Gasteiger partial charge in [-0.2, -0.15) is 0 Å². The quantitative estimate of drug-likeness (QED) is 0.617. The number of amides is 3. The van der Waals surface area contributed by atoms with E-state index in [4.69, 9.17) is 16.3 Å². The fourth-order valence-corrected chi connectivity index (χ4v) is 4.37. The summed E-state index contributed by atoms with van der Waals surface area (Å²) in [5.41, 5.74) is 0.748. The average Bonchev–Trinajstić information content (AvgIpc) is 2.96. The molecule has 1 aromatic carbocycles. The largest absolute Gasteiger partial charge is 0.414 e. The number of carbonyl (C=O) groups excluding carboxylic acids is 3. The molecule has 0 saturated carbocycles. The maximum absolute atomic E-state index is 12.9. The van der Waals surface area contributed by atoms with Crippen molar-refractivity contribution in [2.24, 2.45) is 0 Å². The number of hydrogen-bond donors (Lipinski definition) is 2. The predicted molar refractivity (Wildman–Crippen MR) is 127 cm³/mol. The maximum atomic E-state index is 12.9. The molecule has 7 nitrogen and oxygen atoms in total. The Bertz CT molecular complexity index is 997. The van der Waals surface area contributed by atoms with Crippen LogP contribution >= 0.6 is 22.9 Å². The van der Waals surface area contributed by atoms with Crippen LogP contribution in [0.25, 0.3) is 0 Å². The van der Waals surface area contributed by atoms with Gasteiger partial charge in [0.2, 0.25) is 5.91 Å². The molecule has 0 aliphatic carbocycles. The van der Waals surface area contributed by atoms with E-state index in [-0.39, 0.29) is 5.91 Å². The third-order valence-corrected chi connectivity index (χ3v) is 6.44. The minimum Gasteiger partial charge on any atom is -0.399 e. The molecule has 3 rings (SSSR count). The second kappa shape index (κ2) is 10.4. The first-order valence-electron chi connectivity index (χ1n) is 10.6. The van der Waals surface area contributed by atoms with Gasteiger partial charge in [0.05, 0.1) is 4.34 Å². The number of anilines is 1. The van der Waals surface area contributed by atoms with Gasteiger partial charge in [0.1, 0.15) is 5.54 Å². The average molecular weight is 478 g/mol. The van der Waals surface area contributed by atoms with Crippen LogP contribution in [0, 0.1) is 6.92 Å². The summed E-state index contributed by atoms with van der Waals surface area (Å²) in [7, 11) is 0. The molecule has 9 heteroatoms. The van der Waals surface area contributed by atoms with E-state index in [1.807, 2.05) is 11.8 Å². The van der Waals surface area contributed by atoms with Crippen molar-refractivity contribution in [3.8, 4) is 5.06 Å². The molecule has 0 unspecified atom stereocenters. The first-order valence-corrected chi connectivity index (χ1v) is 11.8. The van der Waals surface area contributed by atoms with Crippen LogP contribution in [-0.4, -0.2) is 41.4 Å². The molecule has 3 amide bonds. The molecule has 1 aliphatic heterocycles. The van der Waals surface area contributed by atoms with Gasteiger partial charge in [0, 0.05) is 24.3 Å². The molecular weight excluding hydrogens is 450 g/mol. The SMILES string of the molecule is Cc1cc(NC(=O)C(C)(C)NC(=O)Oc2ccc(Cl)s2)ccc1C(=O)N1CCCCCC1. The third-order valence-electron chi connectivity index (χ3n) is 5.33. The lowest BCUT2D eigenvalue weighted by molar-refractivity contribution is -0.121. The number of carbonyl (C=O) groups is 3. The lowest BCUT2D eigenvalue weighted by Gasteiger charge is -2.25. The summed E-state index contributed by atoms with van der Waals surface area (Å²) < 4.78 is 5.66. The Kier molecular flexibility index (Phi) is 7.79. The molecular formula is C23H28ClN3O4S. The van der Waals surface area contributed by atoms with E-state index in [9.17, 15) is 14.4 Å². The van der Waals surface area contributed by atoms with Gasteiger partial charge < -0.3 is 20.3 Å². The van der Waals surface area contributed by atoms with Gasteiger partial charge >= 0.3 is 6.09 Å². The summed E-state index contributed by atoms with van der Waals surface area (Å²) in [5.74, 6) is -0.384. The van der Waals surface area contributed by atoms with Gasteiger partial charge in [-0.1, -0.05) is 35.8 Å². The zero-order valence-corrected chi connectivity index (χ0v) is 20.1. The monoisotopic (exact) mass is 477 g/mol. The van der Waals surface area contributed by atoms with Gasteiger partial charge in [-0.3, -0.25) is 9.59 Å². The van der Waals surface area contributed by atoms with Crippen LogP contribution in [0.2, 0.25) is 4.34 Å². The highest BCUT2D eigenvalue weighted by Gasteiger charge is 2.31. The van der Waals surface area contributed by atoms with Crippen molar-refractivity contribution in [3.63, 3.8) is 0 Å². The Morgan fingerprint density at radius 1 is 1.06 bits per heavy atom. The number of benzene rings is 1. The second-order valence-electron chi connectivity index (χ2n) is 8.39. The summed E-state index contributed by atoms with van der Waals surface area (Å²) in [6.45, 7) is 6.58. The van der Waals surface area contributed by atoms with Crippen molar-refractivity contribution >= 4 is 46.5 Å². The molecule has 2 heterocycles. The van der Waals surface area contributed by atoms with Crippen molar-refractivity contribution in [2.45, 2.75) is 52.0 Å². The van der Waals surface area contributed by atoms with Crippen LogP contribution in [0.5, 0.6) is 5.06 Å². The van der Waals surface area contributed by atoms with Crippen molar-refractivity contribution < 1.29 is 19.1 Å². The molecule has 1 fully saturated rings. The lowest BCUT2D eigenvalue weighted by Crippen LogP contribution is -2.53. The number of ether oxygens (including phenoxy) is 1. The number of nitrogens with zero attached hydrogens (tertiary/aromatic N) is 1. The summed E-state index contributed by atoms with van der Waals surface area (Å²) in [5, 5.41) is 5.69. The zero-order chi connectivity index (χ0) is 23.3. The molecule has 0 spiro atoms. The van der Waals surface area contributed by atoms with E-state index < -0.39 is 17.5 Å². The first-order chi connectivity index (χ1) is 15.2. The Balaban J connectivity index is 1.61. The smallest absolute Gasteiger partial charge is 0.399 e. The van der Waals surface area contributed by atoms with E-state index in [1.165, 1.54) is 0 Å². The van der Waals surface area contributed by atoms with Gasteiger partial charge in [-0.15, -0.1) is 0 Å². The summed E-state index contributed by atoms with van der Waals surface area (Å²) in [6, 6.07) is 8.42. The van der Waals surface area contributed by atoms with Crippen LogP contribution < -0.4 is 15.4 Å². The first kappa shape index (κ1) is 24.1. The van der Waals surface area contributed by atoms with Gasteiger partial charge in [0.25, 0.3) is 5.91 Å². The van der Waals surface area contributed by atoms with Crippen LogP contribution in [0.1, 0.15) is 55.5 Å². The molecule has 1 aromatic heterocycles. The summed E-state index contributed by atoms with van der Waals surface area (Å²) in [6.07, 6.45) is 3.63. The van der Waals surface area contributed by atoms with Gasteiger partial charge in [0.15, 0.2) is 5.06 Å². The lowest BCUT2D eigenvalue weighted by atomic mass is 10.0. The molecule has 172 valence electrons. The number of thiophene rings is 1. The Labute approximate surface area is 197 Å². The van der Waals surface area contributed by atoms with Gasteiger partial charge in [-0.25, -0.2) is 4.79 Å². The Hall–Kier alpha value is -2.58. The van der Waals surface area contributed by atoms with Crippen LogP contribution in [-0.2, 0) is 4.79 Å². The van der Waals surface area contributed by atoms with E-state index in [0.29, 0.717) is 20.7 Å². The number of hydrogen-bond acceptors (Lipinski definition) is 5. The molecule has 1 saturated heterocycles. The highest BCUT2D eigenvalue weighted by molar-refractivity contribution is 7.17. The zero-order valence-electron chi connectivity index (χ0n) is 18.5.